The Labute approximate surface area is 117 Å². The number of carbonyl (C=O) groups excluding carboxylic acids is 1. The van der Waals surface area contributed by atoms with Crippen molar-refractivity contribution in [2.24, 2.45) is 5.92 Å². The van der Waals surface area contributed by atoms with Gasteiger partial charge in [-0.15, -0.1) is 0 Å². The van der Waals surface area contributed by atoms with E-state index in [1.807, 2.05) is 0 Å². The Morgan fingerprint density at radius 3 is 2.16 bits per heavy atom. The minimum Gasteiger partial charge on any atom is -0.340 e. The molecule has 0 aromatic heterocycles. The first-order valence-electron chi connectivity index (χ1n) is 7.76. The molecule has 1 amide bonds. The lowest BCUT2D eigenvalue weighted by Crippen LogP contribution is -2.51. The van der Waals surface area contributed by atoms with Crippen LogP contribution in [-0.2, 0) is 4.79 Å². The van der Waals surface area contributed by atoms with Crippen molar-refractivity contribution in [3.05, 3.63) is 0 Å². The normalized spacial score (nSPS) is 24.1. The average Bonchev–Trinajstić information content (AvgIpc) is 2.41. The fourth-order valence-electron chi connectivity index (χ4n) is 3.13. The number of carbonyl (C=O) groups is 1. The monoisotopic (exact) mass is 267 g/mol. The summed E-state index contributed by atoms with van der Waals surface area (Å²) in [5, 5.41) is 0. The van der Waals surface area contributed by atoms with Gasteiger partial charge in [0.15, 0.2) is 0 Å². The molecule has 0 aliphatic carbocycles. The first-order valence-corrected chi connectivity index (χ1v) is 7.76. The first-order chi connectivity index (χ1) is 9.06. The third-order valence-corrected chi connectivity index (χ3v) is 4.70. The van der Waals surface area contributed by atoms with Crippen molar-refractivity contribution < 1.29 is 4.79 Å². The van der Waals surface area contributed by atoms with Crippen molar-refractivity contribution in [2.75, 3.05) is 46.3 Å². The van der Waals surface area contributed by atoms with E-state index >= 15 is 0 Å². The number of likely N-dealkylation sites (tertiary alicyclic amines) is 1. The summed E-state index contributed by atoms with van der Waals surface area (Å²) in [5.41, 5.74) is 0. The molecule has 0 bridgehead atoms. The van der Waals surface area contributed by atoms with Crippen LogP contribution in [0.5, 0.6) is 0 Å². The molecule has 4 heteroatoms. The van der Waals surface area contributed by atoms with Crippen LogP contribution in [-0.4, -0.2) is 73.0 Å². The summed E-state index contributed by atoms with van der Waals surface area (Å²) in [6.07, 6.45) is 3.15. The molecule has 19 heavy (non-hydrogen) atoms. The number of nitrogens with zero attached hydrogens (tertiary/aromatic N) is 3. The van der Waals surface area contributed by atoms with E-state index in [0.717, 1.165) is 45.7 Å². The number of piperidine rings is 1. The molecule has 0 aromatic carbocycles. The maximum atomic E-state index is 12.3. The zero-order valence-corrected chi connectivity index (χ0v) is 12.8. The number of amides is 1. The molecule has 0 atom stereocenters. The zero-order valence-electron chi connectivity index (χ0n) is 12.8. The van der Waals surface area contributed by atoms with Gasteiger partial charge in [0.05, 0.1) is 0 Å². The Bertz CT molecular complexity index is 290. The standard InChI is InChI=1S/C15H29N3O/c1-13(2)17-8-10-18(11-9-17)15(19)12-14-4-6-16(3)7-5-14/h13-14H,4-12H2,1-3H3. The summed E-state index contributed by atoms with van der Waals surface area (Å²) in [5.74, 6) is 1.00. The minimum atomic E-state index is 0.387. The van der Waals surface area contributed by atoms with Gasteiger partial charge in [-0.3, -0.25) is 9.69 Å². The van der Waals surface area contributed by atoms with Crippen LogP contribution in [0, 0.1) is 5.92 Å². The molecule has 2 aliphatic heterocycles. The molecule has 0 aromatic rings. The predicted octanol–water partition coefficient (Wildman–Crippen LogP) is 1.27. The van der Waals surface area contributed by atoms with Gasteiger partial charge in [0, 0.05) is 38.6 Å². The molecule has 2 rings (SSSR count). The van der Waals surface area contributed by atoms with E-state index < -0.39 is 0 Å². The van der Waals surface area contributed by atoms with Crippen molar-refractivity contribution in [1.82, 2.24) is 14.7 Å². The van der Waals surface area contributed by atoms with Crippen molar-refractivity contribution in [3.63, 3.8) is 0 Å². The number of rotatable bonds is 3. The quantitative estimate of drug-likeness (QED) is 0.770. The highest BCUT2D eigenvalue weighted by Gasteiger charge is 2.25. The molecule has 0 unspecified atom stereocenters. The lowest BCUT2D eigenvalue weighted by Gasteiger charge is -2.38. The third-order valence-electron chi connectivity index (χ3n) is 4.70. The molecule has 2 saturated heterocycles. The zero-order chi connectivity index (χ0) is 13.8. The van der Waals surface area contributed by atoms with Gasteiger partial charge in [0.25, 0.3) is 0 Å². The van der Waals surface area contributed by atoms with Crippen molar-refractivity contribution >= 4 is 5.91 Å². The molecule has 0 spiro atoms. The molecule has 2 heterocycles. The van der Waals surface area contributed by atoms with Crippen molar-refractivity contribution in [1.29, 1.82) is 0 Å². The summed E-state index contributed by atoms with van der Waals surface area (Å²) in [4.78, 5) is 19.2. The smallest absolute Gasteiger partial charge is 0.222 e. The van der Waals surface area contributed by atoms with E-state index in [0.29, 0.717) is 17.9 Å². The van der Waals surface area contributed by atoms with E-state index in [-0.39, 0.29) is 0 Å². The highest BCUT2D eigenvalue weighted by atomic mass is 16.2. The molecule has 4 nitrogen and oxygen atoms in total. The molecule has 2 fully saturated rings. The second-order valence-corrected chi connectivity index (χ2v) is 6.46. The van der Waals surface area contributed by atoms with Gasteiger partial charge >= 0.3 is 0 Å². The molecule has 110 valence electrons. The van der Waals surface area contributed by atoms with Crippen LogP contribution in [0.15, 0.2) is 0 Å². The lowest BCUT2D eigenvalue weighted by atomic mass is 9.93. The predicted molar refractivity (Wildman–Crippen MR) is 78.1 cm³/mol. The van der Waals surface area contributed by atoms with Crippen LogP contribution < -0.4 is 0 Å². The highest BCUT2D eigenvalue weighted by Crippen LogP contribution is 2.21. The first kappa shape index (κ1) is 14.8. The van der Waals surface area contributed by atoms with Gasteiger partial charge in [-0.25, -0.2) is 0 Å². The fourth-order valence-corrected chi connectivity index (χ4v) is 3.13. The summed E-state index contributed by atoms with van der Waals surface area (Å²) in [7, 11) is 2.17. The largest absolute Gasteiger partial charge is 0.340 e. The SMILES string of the molecule is CC(C)N1CCN(C(=O)CC2CCN(C)CC2)CC1. The maximum absolute atomic E-state index is 12.3. The van der Waals surface area contributed by atoms with E-state index in [2.05, 4.69) is 35.6 Å². The van der Waals surface area contributed by atoms with Gasteiger partial charge in [-0.05, 0) is 52.7 Å². The van der Waals surface area contributed by atoms with Crippen LogP contribution in [0.25, 0.3) is 0 Å². The Hall–Kier alpha value is -0.610. The molecular formula is C15H29N3O. The Balaban J connectivity index is 1.72. The van der Waals surface area contributed by atoms with Crippen LogP contribution in [0.4, 0.5) is 0 Å². The van der Waals surface area contributed by atoms with E-state index in [1.54, 1.807) is 0 Å². The minimum absolute atomic E-state index is 0.387. The van der Waals surface area contributed by atoms with Gasteiger partial charge in [0.1, 0.15) is 0 Å². The summed E-state index contributed by atoms with van der Waals surface area (Å²) in [6.45, 7) is 10.7. The van der Waals surface area contributed by atoms with E-state index in [4.69, 9.17) is 0 Å². The van der Waals surface area contributed by atoms with Gasteiger partial charge in [0.2, 0.25) is 5.91 Å². The van der Waals surface area contributed by atoms with Gasteiger partial charge in [-0.1, -0.05) is 0 Å². The number of hydrogen-bond donors (Lipinski definition) is 0. The maximum Gasteiger partial charge on any atom is 0.222 e. The van der Waals surface area contributed by atoms with Gasteiger partial charge in [-0.2, -0.15) is 0 Å². The lowest BCUT2D eigenvalue weighted by molar-refractivity contribution is -0.134. The number of piperazine rings is 1. The second-order valence-electron chi connectivity index (χ2n) is 6.46. The Morgan fingerprint density at radius 2 is 1.63 bits per heavy atom. The molecule has 2 aliphatic rings. The van der Waals surface area contributed by atoms with Crippen molar-refractivity contribution in [2.45, 2.75) is 39.2 Å². The topological polar surface area (TPSA) is 26.8 Å². The van der Waals surface area contributed by atoms with Crippen molar-refractivity contribution in [3.8, 4) is 0 Å². The average molecular weight is 267 g/mol. The molecular weight excluding hydrogens is 238 g/mol. The van der Waals surface area contributed by atoms with Crippen LogP contribution in [0.1, 0.15) is 33.1 Å². The molecule has 0 saturated carbocycles. The van der Waals surface area contributed by atoms with Crippen LogP contribution >= 0.6 is 0 Å². The molecule has 0 N–H and O–H groups in total. The summed E-state index contributed by atoms with van der Waals surface area (Å²) in [6, 6.07) is 0.603. The van der Waals surface area contributed by atoms with Crippen LogP contribution in [0.3, 0.4) is 0 Å². The van der Waals surface area contributed by atoms with E-state index in [1.165, 1.54) is 12.8 Å². The van der Waals surface area contributed by atoms with Crippen LogP contribution in [0.2, 0.25) is 0 Å². The number of hydrogen-bond acceptors (Lipinski definition) is 3. The fraction of sp³-hybridized carbons (Fsp3) is 0.933. The summed E-state index contributed by atoms with van der Waals surface area (Å²) < 4.78 is 0. The summed E-state index contributed by atoms with van der Waals surface area (Å²) >= 11 is 0. The third kappa shape index (κ3) is 4.18. The Morgan fingerprint density at radius 1 is 1.05 bits per heavy atom. The second kappa shape index (κ2) is 6.71. The molecule has 0 radical (unpaired) electrons. The van der Waals surface area contributed by atoms with Gasteiger partial charge < -0.3 is 9.80 Å². The Kier molecular flexibility index (Phi) is 5.22. The van der Waals surface area contributed by atoms with E-state index in [9.17, 15) is 4.79 Å². The highest BCUT2D eigenvalue weighted by molar-refractivity contribution is 5.76.